The summed E-state index contributed by atoms with van der Waals surface area (Å²) in [5.41, 5.74) is 1.64. The monoisotopic (exact) mass is 298 g/mol. The zero-order valence-electron chi connectivity index (χ0n) is 10.9. The van der Waals surface area contributed by atoms with Crippen LogP contribution < -0.4 is 4.90 Å². The zero-order chi connectivity index (χ0) is 14.0. The third-order valence-corrected chi connectivity index (χ3v) is 4.40. The van der Waals surface area contributed by atoms with Crippen molar-refractivity contribution in [2.45, 2.75) is 20.3 Å². The van der Waals surface area contributed by atoms with Crippen LogP contribution in [0.1, 0.15) is 18.9 Å². The molecule has 4 nitrogen and oxygen atoms in total. The first-order chi connectivity index (χ1) is 8.99. The molecule has 1 aliphatic heterocycles. The highest BCUT2D eigenvalue weighted by atomic mass is 35.5. The average Bonchev–Trinajstić information content (AvgIpc) is 2.68. The number of anilines is 1. The summed E-state index contributed by atoms with van der Waals surface area (Å²) in [6.45, 7) is 4.06. The van der Waals surface area contributed by atoms with Gasteiger partial charge < -0.3 is 4.90 Å². The van der Waals surface area contributed by atoms with Gasteiger partial charge in [0, 0.05) is 31.8 Å². The van der Waals surface area contributed by atoms with Crippen molar-refractivity contribution < 1.29 is 9.59 Å². The van der Waals surface area contributed by atoms with Gasteiger partial charge in [-0.15, -0.1) is 0 Å². The van der Waals surface area contributed by atoms with Gasteiger partial charge in [0.05, 0.1) is 5.69 Å². The molecule has 19 heavy (non-hydrogen) atoms. The number of thioether (sulfide) groups is 1. The number of nitrogens with zero attached hydrogens (tertiary/aromatic N) is 2. The van der Waals surface area contributed by atoms with Gasteiger partial charge in [-0.2, -0.15) is 0 Å². The molecule has 0 radical (unpaired) electrons. The third kappa shape index (κ3) is 3.28. The topological polar surface area (TPSA) is 50.3 Å². The van der Waals surface area contributed by atoms with Gasteiger partial charge in [0.1, 0.15) is 0 Å². The lowest BCUT2D eigenvalue weighted by atomic mass is 10.1. The van der Waals surface area contributed by atoms with Crippen molar-refractivity contribution in [3.63, 3.8) is 0 Å². The molecule has 102 valence electrons. The van der Waals surface area contributed by atoms with Gasteiger partial charge >= 0.3 is 0 Å². The van der Waals surface area contributed by atoms with Crippen molar-refractivity contribution >= 4 is 40.1 Å². The van der Waals surface area contributed by atoms with E-state index in [1.54, 1.807) is 18.0 Å². The maximum Gasteiger partial charge on any atom is 0.227 e. The third-order valence-electron chi connectivity index (χ3n) is 3.08. The largest absolute Gasteiger partial charge is 0.309 e. The Morgan fingerprint density at radius 2 is 2.37 bits per heavy atom. The number of amides is 1. The van der Waals surface area contributed by atoms with Gasteiger partial charge in [0.25, 0.3) is 0 Å². The Balaban J connectivity index is 2.14. The van der Waals surface area contributed by atoms with Gasteiger partial charge in [-0.3, -0.25) is 9.59 Å². The minimum atomic E-state index is 0.0483. The second-order valence-electron chi connectivity index (χ2n) is 4.64. The van der Waals surface area contributed by atoms with Gasteiger partial charge in [-0.1, -0.05) is 23.4 Å². The smallest absolute Gasteiger partial charge is 0.227 e. The van der Waals surface area contributed by atoms with Crippen LogP contribution in [0.4, 0.5) is 5.69 Å². The number of rotatable bonds is 3. The maximum atomic E-state index is 12.1. The zero-order valence-corrected chi connectivity index (χ0v) is 12.4. The molecule has 0 aliphatic carbocycles. The first-order valence-corrected chi connectivity index (χ1v) is 7.40. The van der Waals surface area contributed by atoms with E-state index in [9.17, 15) is 9.59 Å². The predicted molar refractivity (Wildman–Crippen MR) is 77.6 cm³/mol. The van der Waals surface area contributed by atoms with Crippen molar-refractivity contribution in [3.8, 4) is 0 Å². The van der Waals surface area contributed by atoms with E-state index in [4.69, 9.17) is 11.6 Å². The summed E-state index contributed by atoms with van der Waals surface area (Å²) in [7, 11) is 0. The second kappa shape index (κ2) is 5.92. The number of hydrogen-bond acceptors (Lipinski definition) is 4. The predicted octanol–water partition coefficient (Wildman–Crippen LogP) is 2.68. The van der Waals surface area contributed by atoms with E-state index in [-0.39, 0.29) is 16.9 Å². The lowest BCUT2D eigenvalue weighted by Gasteiger charge is -2.19. The summed E-state index contributed by atoms with van der Waals surface area (Å²) in [5.74, 6) is 0.915. The molecule has 0 saturated carbocycles. The number of halogens is 1. The molecule has 0 spiro atoms. The Morgan fingerprint density at radius 1 is 1.63 bits per heavy atom. The number of carbonyl (C=O) groups is 2. The summed E-state index contributed by atoms with van der Waals surface area (Å²) in [6.07, 6.45) is 2.09. The van der Waals surface area contributed by atoms with Crippen LogP contribution in [0, 0.1) is 12.8 Å². The van der Waals surface area contributed by atoms with Crippen LogP contribution in [0.25, 0.3) is 0 Å². The normalized spacial score (nSPS) is 19.0. The van der Waals surface area contributed by atoms with Gasteiger partial charge in [-0.05, 0) is 24.5 Å². The molecule has 1 aromatic rings. The molecule has 1 aliphatic rings. The molecule has 2 rings (SSSR count). The molecule has 1 fully saturated rings. The first-order valence-electron chi connectivity index (χ1n) is 6.04. The van der Waals surface area contributed by atoms with Crippen LogP contribution in [-0.4, -0.2) is 28.3 Å². The Kier molecular flexibility index (Phi) is 4.47. The number of pyridine rings is 1. The summed E-state index contributed by atoms with van der Waals surface area (Å²) in [6, 6.07) is 1.84. The first kappa shape index (κ1) is 14.3. The SMILES string of the molecule is CC(=O)SCC1CC(=O)N(c2c(C)ccnc2Cl)C1. The number of hydrogen-bond donors (Lipinski definition) is 0. The highest BCUT2D eigenvalue weighted by Gasteiger charge is 2.32. The molecule has 2 heterocycles. The molecule has 1 unspecified atom stereocenters. The quantitative estimate of drug-likeness (QED) is 0.805. The van der Waals surface area contributed by atoms with Crippen LogP contribution in [0.15, 0.2) is 12.3 Å². The van der Waals surface area contributed by atoms with E-state index in [0.717, 1.165) is 5.56 Å². The van der Waals surface area contributed by atoms with Crippen LogP contribution in [0.5, 0.6) is 0 Å². The lowest BCUT2D eigenvalue weighted by Crippen LogP contribution is -2.26. The van der Waals surface area contributed by atoms with Crippen molar-refractivity contribution in [2.24, 2.45) is 5.92 Å². The Bertz CT molecular complexity index is 501. The van der Waals surface area contributed by atoms with E-state index in [1.165, 1.54) is 11.8 Å². The Morgan fingerprint density at radius 3 is 3.00 bits per heavy atom. The Hall–Kier alpha value is -1.07. The average molecular weight is 299 g/mol. The summed E-state index contributed by atoms with van der Waals surface area (Å²) in [5, 5.41) is 0.440. The number of carbonyl (C=O) groups excluding carboxylic acids is 2. The van der Waals surface area contributed by atoms with Crippen LogP contribution in [0.2, 0.25) is 5.15 Å². The highest BCUT2D eigenvalue weighted by Crippen LogP contribution is 2.33. The van der Waals surface area contributed by atoms with E-state index in [2.05, 4.69) is 4.98 Å². The highest BCUT2D eigenvalue weighted by molar-refractivity contribution is 8.13. The van der Waals surface area contributed by atoms with Crippen molar-refractivity contribution in [2.75, 3.05) is 17.2 Å². The van der Waals surface area contributed by atoms with Crippen LogP contribution >= 0.6 is 23.4 Å². The van der Waals surface area contributed by atoms with E-state index >= 15 is 0 Å². The van der Waals surface area contributed by atoms with Crippen molar-refractivity contribution in [1.29, 1.82) is 0 Å². The summed E-state index contributed by atoms with van der Waals surface area (Å²) < 4.78 is 0. The molecule has 6 heteroatoms. The number of aromatic nitrogens is 1. The number of aryl methyl sites for hydroxylation is 1. The van der Waals surface area contributed by atoms with Crippen LogP contribution in [-0.2, 0) is 9.59 Å². The lowest BCUT2D eigenvalue weighted by molar-refractivity contribution is -0.117. The molecule has 0 bridgehead atoms. The second-order valence-corrected chi connectivity index (χ2v) is 6.20. The van der Waals surface area contributed by atoms with Gasteiger partial charge in [-0.25, -0.2) is 4.98 Å². The van der Waals surface area contributed by atoms with Crippen molar-refractivity contribution in [3.05, 3.63) is 23.0 Å². The molecule has 0 aromatic carbocycles. The van der Waals surface area contributed by atoms with E-state index < -0.39 is 0 Å². The van der Waals surface area contributed by atoms with Gasteiger partial charge in [0.15, 0.2) is 10.3 Å². The molecular weight excluding hydrogens is 284 g/mol. The minimum Gasteiger partial charge on any atom is -0.309 e. The minimum absolute atomic E-state index is 0.0483. The molecule has 1 amide bonds. The summed E-state index contributed by atoms with van der Waals surface area (Å²) >= 11 is 7.36. The standard InChI is InChI=1S/C13H15ClN2O2S/c1-8-3-4-15-13(14)12(8)16-6-10(5-11(16)18)7-19-9(2)17/h3-4,10H,5-7H2,1-2H3. The van der Waals surface area contributed by atoms with Crippen LogP contribution in [0.3, 0.4) is 0 Å². The van der Waals surface area contributed by atoms with Gasteiger partial charge in [0.2, 0.25) is 5.91 Å². The molecule has 1 atom stereocenters. The molecule has 1 aromatic heterocycles. The van der Waals surface area contributed by atoms with Crippen molar-refractivity contribution in [1.82, 2.24) is 4.98 Å². The fourth-order valence-corrected chi connectivity index (χ4v) is 3.19. The molecule has 1 saturated heterocycles. The maximum absolute atomic E-state index is 12.1. The summed E-state index contributed by atoms with van der Waals surface area (Å²) in [4.78, 5) is 28.8. The van der Waals surface area contributed by atoms with E-state index in [0.29, 0.717) is 29.6 Å². The molecule has 0 N–H and O–H groups in total. The fraction of sp³-hybridized carbons (Fsp3) is 0.462. The molecular formula is C13H15ClN2O2S. The fourth-order valence-electron chi connectivity index (χ4n) is 2.19. The Labute approximate surface area is 121 Å². The van der Waals surface area contributed by atoms with E-state index in [1.807, 2.05) is 13.0 Å².